The van der Waals surface area contributed by atoms with Crippen molar-refractivity contribution in [2.45, 2.75) is 12.8 Å². The van der Waals surface area contributed by atoms with E-state index < -0.39 is 7.92 Å². The van der Waals surface area contributed by atoms with Crippen molar-refractivity contribution < 1.29 is 9.47 Å². The molecule has 2 nitrogen and oxygen atoms in total. The van der Waals surface area contributed by atoms with E-state index in [-0.39, 0.29) is 0 Å². The molecule has 0 spiro atoms. The quantitative estimate of drug-likeness (QED) is 0.0907. The van der Waals surface area contributed by atoms with Crippen LogP contribution in [-0.4, -0.2) is 13.2 Å². The molecule has 0 unspecified atom stereocenters. The lowest BCUT2D eigenvalue weighted by atomic mass is 10.2. The zero-order chi connectivity index (χ0) is 34.4. The molecule has 3 heteroatoms. The van der Waals surface area contributed by atoms with E-state index in [0.717, 1.165) is 35.5 Å². The molecule has 6 aromatic rings. The highest BCUT2D eigenvalue weighted by Gasteiger charge is 2.15. The highest BCUT2D eigenvalue weighted by Crippen LogP contribution is 2.32. The van der Waals surface area contributed by atoms with Crippen molar-refractivity contribution in [3.8, 4) is 11.5 Å². The first-order valence-electron chi connectivity index (χ1n) is 16.5. The molecule has 0 saturated carbocycles. The third-order valence-corrected chi connectivity index (χ3v) is 9.83. The summed E-state index contributed by atoms with van der Waals surface area (Å²) < 4.78 is 11.4. The van der Waals surface area contributed by atoms with Crippen LogP contribution in [0.5, 0.6) is 11.5 Å². The molecule has 0 N–H and O–H groups in total. The molecule has 0 aliphatic rings. The van der Waals surface area contributed by atoms with Crippen LogP contribution in [0.4, 0.5) is 0 Å². The lowest BCUT2D eigenvalue weighted by molar-refractivity contribution is 0.266. The Morgan fingerprint density at radius 1 is 0.367 bits per heavy atom. The third kappa shape index (κ3) is 12.9. The van der Waals surface area contributed by atoms with Gasteiger partial charge < -0.3 is 9.47 Å². The van der Waals surface area contributed by atoms with Crippen molar-refractivity contribution in [1.29, 1.82) is 0 Å². The largest absolute Gasteiger partial charge is 0.494 e. The number of ether oxygens (including phenoxy) is 2. The van der Waals surface area contributed by atoms with Crippen LogP contribution in [0, 0.1) is 0 Å². The van der Waals surface area contributed by atoms with Gasteiger partial charge in [-0.3, -0.25) is 0 Å². The minimum absolute atomic E-state index is 0.446. The topological polar surface area (TPSA) is 18.5 Å². The van der Waals surface area contributed by atoms with Gasteiger partial charge in [0.1, 0.15) is 11.5 Å². The molecular weight excluding hydrogens is 615 g/mol. The molecule has 0 aliphatic carbocycles. The highest BCUT2D eigenvalue weighted by molar-refractivity contribution is 7.79. The minimum atomic E-state index is -0.446. The molecule has 0 aliphatic heterocycles. The second kappa shape index (κ2) is 21.4. The van der Waals surface area contributed by atoms with E-state index in [2.05, 4.69) is 111 Å². The van der Waals surface area contributed by atoms with Gasteiger partial charge >= 0.3 is 0 Å². The van der Waals surface area contributed by atoms with Crippen LogP contribution in [-0.2, 0) is 0 Å². The molecule has 6 rings (SSSR count). The van der Waals surface area contributed by atoms with E-state index in [1.165, 1.54) is 21.5 Å². The monoisotopic (exact) mass is 660 g/mol. The minimum Gasteiger partial charge on any atom is -0.494 e. The average Bonchev–Trinajstić information content (AvgIpc) is 3.19. The second-order valence-electron chi connectivity index (χ2n) is 10.9. The van der Waals surface area contributed by atoms with E-state index >= 15 is 0 Å². The number of unbranched alkanes of at least 4 members (excludes halogenated alkanes) is 1. The standard InChI is InChI=1S/C20H22O2.C18H15P.C8H8/c1-3-17-7-11-19(12-8-17)21-15-5-6-16-22-20-13-9-18(4-2)10-14-20;1-4-10-16(11-5-1)19(17-12-6-2-7-13-17)18-14-8-3-9-15-18;1-2-8-6-4-3-5-7-8/h3-4,7-14H,1-2,5-6,15-16H2;1-15H;2-7H,1H2. The van der Waals surface area contributed by atoms with E-state index in [9.17, 15) is 0 Å². The predicted octanol–water partition coefficient (Wildman–Crippen LogP) is 11.0. The van der Waals surface area contributed by atoms with E-state index in [4.69, 9.17) is 9.47 Å². The molecule has 0 radical (unpaired) electrons. The van der Waals surface area contributed by atoms with Gasteiger partial charge in [-0.2, -0.15) is 0 Å². The SMILES string of the molecule is C=Cc1ccc(OCCCCOc2ccc(C=C)cc2)cc1.C=Cc1ccccc1.c1ccc(P(c2ccccc2)c2ccccc2)cc1. The summed E-state index contributed by atoms with van der Waals surface area (Å²) >= 11 is 0. The third-order valence-electron chi connectivity index (χ3n) is 7.39. The summed E-state index contributed by atoms with van der Waals surface area (Å²) in [7, 11) is -0.446. The Morgan fingerprint density at radius 3 is 0.939 bits per heavy atom. The summed E-state index contributed by atoms with van der Waals surface area (Å²) in [6, 6.07) is 58.2. The zero-order valence-corrected chi connectivity index (χ0v) is 29.0. The summed E-state index contributed by atoms with van der Waals surface area (Å²) in [5.74, 6) is 1.79. The molecule has 49 heavy (non-hydrogen) atoms. The Bertz CT molecular complexity index is 1620. The van der Waals surface area contributed by atoms with Crippen LogP contribution in [0.25, 0.3) is 18.2 Å². The van der Waals surface area contributed by atoms with Crippen molar-refractivity contribution in [2.75, 3.05) is 13.2 Å². The lowest BCUT2D eigenvalue weighted by Gasteiger charge is -2.18. The van der Waals surface area contributed by atoms with Crippen molar-refractivity contribution >= 4 is 42.1 Å². The van der Waals surface area contributed by atoms with Gasteiger partial charge in [-0.15, -0.1) is 0 Å². The molecule has 0 amide bonds. The van der Waals surface area contributed by atoms with Crippen LogP contribution in [0.1, 0.15) is 29.5 Å². The zero-order valence-electron chi connectivity index (χ0n) is 28.1. The number of hydrogen-bond acceptors (Lipinski definition) is 2. The van der Waals surface area contributed by atoms with Gasteiger partial charge in [-0.1, -0.05) is 184 Å². The summed E-state index contributed by atoms with van der Waals surface area (Å²) in [5, 5.41) is 4.19. The summed E-state index contributed by atoms with van der Waals surface area (Å²) in [5.41, 5.74) is 3.37. The first-order valence-corrected chi connectivity index (χ1v) is 17.9. The van der Waals surface area contributed by atoms with Crippen LogP contribution in [0.2, 0.25) is 0 Å². The van der Waals surface area contributed by atoms with Crippen LogP contribution in [0.3, 0.4) is 0 Å². The predicted molar refractivity (Wildman–Crippen MR) is 215 cm³/mol. The second-order valence-corrected chi connectivity index (χ2v) is 13.1. The maximum absolute atomic E-state index is 5.69. The fourth-order valence-corrected chi connectivity index (χ4v) is 7.06. The smallest absolute Gasteiger partial charge is 0.119 e. The highest BCUT2D eigenvalue weighted by atomic mass is 31.1. The van der Waals surface area contributed by atoms with Gasteiger partial charge in [-0.05, 0) is 77.6 Å². The molecule has 0 heterocycles. The van der Waals surface area contributed by atoms with Crippen molar-refractivity contribution in [1.82, 2.24) is 0 Å². The summed E-state index contributed by atoms with van der Waals surface area (Å²) in [6.45, 7) is 12.5. The average molecular weight is 661 g/mol. The molecular formula is C46H45O2P. The van der Waals surface area contributed by atoms with Gasteiger partial charge in [0.25, 0.3) is 0 Å². The van der Waals surface area contributed by atoms with Gasteiger partial charge in [-0.25, -0.2) is 0 Å². The van der Waals surface area contributed by atoms with Gasteiger partial charge in [0, 0.05) is 0 Å². The Kier molecular flexibility index (Phi) is 15.9. The molecule has 6 aromatic carbocycles. The van der Waals surface area contributed by atoms with E-state index in [1.54, 1.807) is 0 Å². The number of benzene rings is 6. The summed E-state index contributed by atoms with van der Waals surface area (Å²) in [6.07, 6.45) is 7.41. The Labute approximate surface area is 294 Å². The van der Waals surface area contributed by atoms with E-state index in [0.29, 0.717) is 13.2 Å². The Morgan fingerprint density at radius 2 is 0.653 bits per heavy atom. The van der Waals surface area contributed by atoms with Gasteiger partial charge in [0.2, 0.25) is 0 Å². The lowest BCUT2D eigenvalue weighted by Crippen LogP contribution is -2.20. The Hall–Kier alpha value is -5.43. The normalized spacial score (nSPS) is 9.98. The maximum atomic E-state index is 5.69. The number of rotatable bonds is 13. The van der Waals surface area contributed by atoms with Crippen LogP contribution < -0.4 is 25.4 Å². The molecule has 0 atom stereocenters. The van der Waals surface area contributed by atoms with E-state index in [1.807, 2.05) is 97.1 Å². The molecule has 0 bridgehead atoms. The van der Waals surface area contributed by atoms with Crippen molar-refractivity contribution in [2.24, 2.45) is 0 Å². The maximum Gasteiger partial charge on any atom is 0.119 e. The summed E-state index contributed by atoms with van der Waals surface area (Å²) in [4.78, 5) is 0. The first-order chi connectivity index (χ1) is 24.2. The van der Waals surface area contributed by atoms with Crippen molar-refractivity contribution in [3.63, 3.8) is 0 Å². The fourth-order valence-electron chi connectivity index (χ4n) is 4.75. The Balaban J connectivity index is 0.000000182. The molecule has 246 valence electrons. The van der Waals surface area contributed by atoms with Crippen molar-refractivity contribution in [3.05, 3.63) is 206 Å². The fraction of sp³-hybridized carbons (Fsp3) is 0.0870. The van der Waals surface area contributed by atoms with Crippen LogP contribution in [0.15, 0.2) is 190 Å². The number of hydrogen-bond donors (Lipinski definition) is 0. The first kappa shape index (κ1) is 36.4. The van der Waals surface area contributed by atoms with Gasteiger partial charge in [0.05, 0.1) is 13.2 Å². The van der Waals surface area contributed by atoms with Gasteiger partial charge in [0.15, 0.2) is 0 Å². The molecule has 0 fully saturated rings. The molecule has 0 aromatic heterocycles. The van der Waals surface area contributed by atoms with Crippen LogP contribution >= 0.6 is 7.92 Å². The molecule has 0 saturated heterocycles.